The Morgan fingerprint density at radius 1 is 1.39 bits per heavy atom. The summed E-state index contributed by atoms with van der Waals surface area (Å²) in [6, 6.07) is 0. The van der Waals surface area contributed by atoms with Crippen molar-refractivity contribution in [2.75, 3.05) is 0 Å². The summed E-state index contributed by atoms with van der Waals surface area (Å²) in [4.78, 5) is 26.4. The number of aliphatic imine (C=N–C) groups is 1. The number of hydrogen-bond donors (Lipinski definition) is 1. The molecule has 0 bridgehead atoms. The number of amides is 1. The predicted octanol–water partition coefficient (Wildman–Crippen LogP) is -2.98. The third-order valence-corrected chi connectivity index (χ3v) is 3.41. The predicted molar refractivity (Wildman–Crippen MR) is 62.2 cm³/mol. The molecule has 0 radical (unpaired) electrons. The van der Waals surface area contributed by atoms with E-state index >= 15 is 0 Å². The van der Waals surface area contributed by atoms with Crippen LogP contribution in [0.5, 0.6) is 0 Å². The van der Waals surface area contributed by atoms with Gasteiger partial charge in [-0.05, 0) is 37.8 Å². The topological polar surface area (TPSA) is 81.6 Å². The van der Waals surface area contributed by atoms with Crippen LogP contribution >= 0.6 is 0 Å². The first kappa shape index (κ1) is 17.4. The van der Waals surface area contributed by atoms with Gasteiger partial charge in [-0.15, -0.1) is 0 Å². The van der Waals surface area contributed by atoms with Crippen LogP contribution in [0.3, 0.4) is 0 Å². The number of nitrogens with one attached hydrogen (secondary N) is 1. The van der Waals surface area contributed by atoms with Crippen LogP contribution in [0.4, 0.5) is 0 Å². The largest absolute Gasteiger partial charge is 1.00 e. The van der Waals surface area contributed by atoms with Gasteiger partial charge in [-0.3, -0.25) is 4.79 Å². The maximum Gasteiger partial charge on any atom is 1.00 e. The number of nitrogens with zero attached hydrogens (tertiary/aromatic N) is 1. The fraction of sp³-hybridized carbons (Fsp3) is 0.583. The quantitative estimate of drug-likeness (QED) is 0.434. The van der Waals surface area contributed by atoms with Crippen molar-refractivity contribution in [3.8, 4) is 0 Å². The molecule has 0 aromatic heterocycles. The third-order valence-electron chi connectivity index (χ3n) is 3.41. The van der Waals surface area contributed by atoms with Crippen LogP contribution in [0, 0.1) is 5.92 Å². The van der Waals surface area contributed by atoms with E-state index in [-0.39, 0.29) is 47.0 Å². The number of amidine groups is 1. The first-order valence-electron chi connectivity index (χ1n) is 5.50. The molecule has 1 aliphatic heterocycles. The second kappa shape index (κ2) is 5.99. The molecule has 0 aromatic carbocycles. The van der Waals surface area contributed by atoms with Crippen LogP contribution < -0.4 is 40.0 Å². The molecule has 1 N–H and O–H groups in total. The van der Waals surface area contributed by atoms with Crippen molar-refractivity contribution in [1.82, 2.24) is 5.32 Å². The number of rotatable bonds is 3. The molecular weight excluding hydrogens is 243 g/mol. The summed E-state index contributed by atoms with van der Waals surface area (Å²) in [5.74, 6) is -1.13. The molecule has 1 aliphatic rings. The molecule has 1 atom stereocenters. The summed E-state index contributed by atoms with van der Waals surface area (Å²) < 4.78 is 0. The zero-order valence-electron chi connectivity index (χ0n) is 11.7. The minimum Gasteiger partial charge on any atom is -0.545 e. The van der Waals surface area contributed by atoms with E-state index in [1.165, 1.54) is 6.92 Å². The van der Waals surface area contributed by atoms with E-state index in [1.807, 2.05) is 13.8 Å². The SMILES string of the molecule is C/C(C(=O)[O-])=C(\C)C1=NC(=O)C(C)(C(C)C)N1.[Na+]. The standard InChI is InChI=1S/C12H18N2O3.Na/c1-6(2)12(5)11(17)13-9(14-12)7(3)8(4)10(15)16;/h6H,1-5H3,(H,15,16)(H,13,14,17);/q;+1/p-1/b8-7-;. The van der Waals surface area contributed by atoms with Gasteiger partial charge in [0, 0.05) is 0 Å². The van der Waals surface area contributed by atoms with Crippen molar-refractivity contribution >= 4 is 17.7 Å². The molecule has 0 saturated heterocycles. The van der Waals surface area contributed by atoms with Crippen LogP contribution in [-0.4, -0.2) is 23.3 Å². The van der Waals surface area contributed by atoms with Crippen molar-refractivity contribution in [2.24, 2.45) is 10.9 Å². The van der Waals surface area contributed by atoms with E-state index in [9.17, 15) is 14.7 Å². The molecule has 0 aromatic rings. The van der Waals surface area contributed by atoms with E-state index in [4.69, 9.17) is 0 Å². The van der Waals surface area contributed by atoms with Gasteiger partial charge in [-0.2, -0.15) is 4.99 Å². The number of hydrogen-bond acceptors (Lipinski definition) is 4. The van der Waals surface area contributed by atoms with E-state index in [2.05, 4.69) is 10.3 Å². The molecule has 0 fully saturated rings. The maximum atomic E-state index is 11.8. The molecule has 1 heterocycles. The average molecular weight is 260 g/mol. The minimum atomic E-state index is -1.25. The van der Waals surface area contributed by atoms with Crippen LogP contribution in [0.15, 0.2) is 16.1 Å². The van der Waals surface area contributed by atoms with Gasteiger partial charge >= 0.3 is 29.6 Å². The molecule has 0 spiro atoms. The van der Waals surface area contributed by atoms with Crippen molar-refractivity contribution in [3.05, 3.63) is 11.1 Å². The molecule has 18 heavy (non-hydrogen) atoms. The van der Waals surface area contributed by atoms with E-state index < -0.39 is 11.5 Å². The second-order valence-corrected chi connectivity index (χ2v) is 4.79. The summed E-state index contributed by atoms with van der Waals surface area (Å²) in [6.45, 7) is 8.63. The molecule has 6 heteroatoms. The normalized spacial score (nSPS) is 24.1. The summed E-state index contributed by atoms with van der Waals surface area (Å²) in [6.07, 6.45) is 0. The molecule has 0 aliphatic carbocycles. The van der Waals surface area contributed by atoms with E-state index in [0.29, 0.717) is 11.4 Å². The fourth-order valence-corrected chi connectivity index (χ4v) is 1.44. The van der Waals surface area contributed by atoms with Gasteiger partial charge in [0.05, 0.1) is 5.97 Å². The van der Waals surface area contributed by atoms with Gasteiger partial charge < -0.3 is 15.2 Å². The van der Waals surface area contributed by atoms with Gasteiger partial charge in [0.1, 0.15) is 11.4 Å². The molecule has 1 rings (SSSR count). The monoisotopic (exact) mass is 260 g/mol. The Hall–Kier alpha value is -0.650. The van der Waals surface area contributed by atoms with Crippen LogP contribution in [0.2, 0.25) is 0 Å². The van der Waals surface area contributed by atoms with Crippen molar-refractivity contribution in [1.29, 1.82) is 0 Å². The molecular formula is C12H17N2NaO3. The number of carbonyl (C=O) groups is 2. The van der Waals surface area contributed by atoms with Crippen molar-refractivity contribution in [2.45, 2.75) is 40.2 Å². The first-order chi connectivity index (χ1) is 7.70. The summed E-state index contributed by atoms with van der Waals surface area (Å²) in [5.41, 5.74) is -0.247. The van der Waals surface area contributed by atoms with Gasteiger partial charge in [0.15, 0.2) is 0 Å². The Morgan fingerprint density at radius 2 is 1.89 bits per heavy atom. The van der Waals surface area contributed by atoms with Gasteiger partial charge in [0.25, 0.3) is 5.91 Å². The number of carboxylic acids is 1. The van der Waals surface area contributed by atoms with Gasteiger partial charge in [-0.1, -0.05) is 13.8 Å². The molecule has 5 nitrogen and oxygen atoms in total. The summed E-state index contributed by atoms with van der Waals surface area (Å²) >= 11 is 0. The maximum absolute atomic E-state index is 11.8. The fourth-order valence-electron chi connectivity index (χ4n) is 1.44. The second-order valence-electron chi connectivity index (χ2n) is 4.79. The number of carboxylic acid groups (broad SMARTS) is 1. The summed E-state index contributed by atoms with van der Waals surface area (Å²) in [5, 5.41) is 13.7. The van der Waals surface area contributed by atoms with Gasteiger partial charge in [-0.25, -0.2) is 0 Å². The van der Waals surface area contributed by atoms with Crippen LogP contribution in [0.1, 0.15) is 34.6 Å². The Balaban J connectivity index is 0.00000289. The molecule has 1 unspecified atom stereocenters. The van der Waals surface area contributed by atoms with E-state index in [0.717, 1.165) is 0 Å². The Labute approximate surface area is 129 Å². The number of carbonyl (C=O) groups excluding carboxylic acids is 2. The Morgan fingerprint density at radius 3 is 2.22 bits per heavy atom. The van der Waals surface area contributed by atoms with Crippen molar-refractivity contribution < 1.29 is 44.3 Å². The number of aliphatic carboxylic acids is 1. The first-order valence-corrected chi connectivity index (χ1v) is 5.50. The van der Waals surface area contributed by atoms with Crippen LogP contribution in [-0.2, 0) is 9.59 Å². The third kappa shape index (κ3) is 3.02. The van der Waals surface area contributed by atoms with Crippen molar-refractivity contribution in [3.63, 3.8) is 0 Å². The van der Waals surface area contributed by atoms with Crippen LogP contribution in [0.25, 0.3) is 0 Å². The van der Waals surface area contributed by atoms with Gasteiger partial charge in [0.2, 0.25) is 0 Å². The molecule has 0 saturated carbocycles. The smallest absolute Gasteiger partial charge is 0.545 e. The zero-order valence-corrected chi connectivity index (χ0v) is 13.7. The zero-order chi connectivity index (χ0) is 13.4. The molecule has 1 amide bonds. The Kier molecular flexibility index (Phi) is 5.78. The average Bonchev–Trinajstić information content (AvgIpc) is 2.54. The summed E-state index contributed by atoms with van der Waals surface area (Å²) in [7, 11) is 0. The van der Waals surface area contributed by atoms with E-state index in [1.54, 1.807) is 13.8 Å². The minimum absolute atomic E-state index is 0. The molecule has 94 valence electrons. The Bertz CT molecular complexity index is 441.